The summed E-state index contributed by atoms with van der Waals surface area (Å²) in [6, 6.07) is 3.29. The van der Waals surface area contributed by atoms with E-state index >= 15 is 0 Å². The van der Waals surface area contributed by atoms with Crippen LogP contribution in [0.4, 0.5) is 0 Å². The Balaban J connectivity index is 2.81. The third-order valence-electron chi connectivity index (χ3n) is 1.41. The van der Waals surface area contributed by atoms with Crippen LogP contribution in [0.1, 0.15) is 0 Å². The Morgan fingerprint density at radius 1 is 0.846 bits per heavy atom. The molecule has 2 aromatic rings. The molecule has 2 aromatic heterocycles. The summed E-state index contributed by atoms with van der Waals surface area (Å²) in [5, 5.41) is 0.641. The Hall–Kier alpha value is -0.640. The third kappa shape index (κ3) is 1.68. The molecule has 0 N–H and O–H groups in total. The fourth-order valence-electron chi connectivity index (χ4n) is 0.878. The molecule has 0 unspecified atom stereocenters. The van der Waals surface area contributed by atoms with Crippen molar-refractivity contribution in [1.82, 2.24) is 15.0 Å². The van der Waals surface area contributed by atoms with E-state index in [1.807, 2.05) is 0 Å². The minimum absolute atomic E-state index is 0.129. The molecule has 0 bridgehead atoms. The van der Waals surface area contributed by atoms with Gasteiger partial charge in [0.25, 0.3) is 0 Å². The summed E-state index contributed by atoms with van der Waals surface area (Å²) in [6.07, 6.45) is 0. The highest BCUT2D eigenvalue weighted by Gasteiger charge is 2.05. The number of pyridine rings is 1. The number of fused-ring (bicyclic) bond motifs is 1. The molecule has 13 heavy (non-hydrogen) atoms. The van der Waals surface area contributed by atoms with Gasteiger partial charge in [-0.1, -0.05) is 34.8 Å². The Labute approximate surface area is 88.7 Å². The molecule has 0 fully saturated rings. The molecule has 2 heterocycles. The first-order valence-electron chi connectivity index (χ1n) is 3.32. The van der Waals surface area contributed by atoms with Crippen molar-refractivity contribution in [3.63, 3.8) is 0 Å². The first kappa shape index (κ1) is 8.94. The van der Waals surface area contributed by atoms with Gasteiger partial charge in [-0.2, -0.15) is 0 Å². The van der Waals surface area contributed by atoms with Crippen LogP contribution in [0.2, 0.25) is 15.5 Å². The van der Waals surface area contributed by atoms with Crippen molar-refractivity contribution in [2.75, 3.05) is 0 Å². The van der Waals surface area contributed by atoms with Crippen molar-refractivity contribution in [2.45, 2.75) is 0 Å². The van der Waals surface area contributed by atoms with E-state index in [9.17, 15) is 0 Å². The normalized spacial score (nSPS) is 10.7. The average molecular weight is 234 g/mol. The summed E-state index contributed by atoms with van der Waals surface area (Å²) in [5.41, 5.74) is 0.959. The summed E-state index contributed by atoms with van der Waals surface area (Å²) in [6.45, 7) is 0. The van der Waals surface area contributed by atoms with E-state index < -0.39 is 0 Å². The van der Waals surface area contributed by atoms with Crippen LogP contribution in [-0.4, -0.2) is 15.0 Å². The molecule has 0 aliphatic carbocycles. The minimum atomic E-state index is 0.129. The summed E-state index contributed by atoms with van der Waals surface area (Å²) in [7, 11) is 0. The van der Waals surface area contributed by atoms with Crippen molar-refractivity contribution < 1.29 is 0 Å². The van der Waals surface area contributed by atoms with E-state index in [1.165, 1.54) is 0 Å². The Morgan fingerprint density at radius 3 is 2.31 bits per heavy atom. The van der Waals surface area contributed by atoms with Gasteiger partial charge in [-0.3, -0.25) is 0 Å². The number of halogens is 3. The smallest absolute Gasteiger partial charge is 0.181 e. The van der Waals surface area contributed by atoms with Crippen LogP contribution in [0.15, 0.2) is 12.1 Å². The fraction of sp³-hybridized carbons (Fsp3) is 0. The highest BCUT2D eigenvalue weighted by atomic mass is 35.5. The van der Waals surface area contributed by atoms with Crippen LogP contribution in [0.25, 0.3) is 11.2 Å². The van der Waals surface area contributed by atoms with E-state index in [1.54, 1.807) is 12.1 Å². The maximum absolute atomic E-state index is 5.66. The van der Waals surface area contributed by atoms with Gasteiger partial charge in [0.15, 0.2) is 16.0 Å². The molecule has 0 aromatic carbocycles. The van der Waals surface area contributed by atoms with Crippen LogP contribution >= 0.6 is 34.8 Å². The molecule has 2 rings (SSSR count). The predicted octanol–water partition coefficient (Wildman–Crippen LogP) is 2.98. The van der Waals surface area contributed by atoms with Crippen molar-refractivity contribution in [2.24, 2.45) is 0 Å². The van der Waals surface area contributed by atoms with Crippen LogP contribution in [-0.2, 0) is 0 Å². The summed E-state index contributed by atoms with van der Waals surface area (Å²) in [4.78, 5) is 11.8. The lowest BCUT2D eigenvalue weighted by Gasteiger charge is -1.98. The van der Waals surface area contributed by atoms with Gasteiger partial charge in [-0.05, 0) is 12.1 Å². The number of rotatable bonds is 0. The zero-order chi connectivity index (χ0) is 9.42. The minimum Gasteiger partial charge on any atom is -0.229 e. The van der Waals surface area contributed by atoms with Crippen LogP contribution in [0.3, 0.4) is 0 Å². The average Bonchev–Trinajstić information content (AvgIpc) is 2.08. The Bertz CT molecular complexity index is 472. The number of nitrogens with zero attached hydrogens (tertiary/aromatic N) is 3. The van der Waals surface area contributed by atoms with Crippen molar-refractivity contribution >= 4 is 46.0 Å². The number of hydrogen-bond donors (Lipinski definition) is 0. The number of hydrogen-bond acceptors (Lipinski definition) is 3. The van der Waals surface area contributed by atoms with Gasteiger partial charge in [-0.25, -0.2) is 15.0 Å². The second-order valence-electron chi connectivity index (χ2n) is 2.28. The van der Waals surface area contributed by atoms with Crippen molar-refractivity contribution in [1.29, 1.82) is 0 Å². The number of aromatic nitrogens is 3. The summed E-state index contributed by atoms with van der Waals surface area (Å²) in [5.74, 6) is 0. The zero-order valence-electron chi connectivity index (χ0n) is 6.13. The van der Waals surface area contributed by atoms with Gasteiger partial charge >= 0.3 is 0 Å². The molecule has 0 atom stereocenters. The standard InChI is InChI=1S/C7H2Cl3N3/c8-4-2-1-3-7(12-4)13-6(10)5(9)11-3/h1-2H. The molecule has 3 nitrogen and oxygen atoms in total. The summed E-state index contributed by atoms with van der Waals surface area (Å²) < 4.78 is 0. The molecule has 0 saturated carbocycles. The monoisotopic (exact) mass is 233 g/mol. The third-order valence-corrected chi connectivity index (χ3v) is 2.25. The second kappa shape index (κ2) is 3.25. The molecule has 66 valence electrons. The van der Waals surface area contributed by atoms with Gasteiger partial charge in [0.1, 0.15) is 10.7 Å². The first-order valence-corrected chi connectivity index (χ1v) is 4.45. The molecule has 6 heteroatoms. The predicted molar refractivity (Wildman–Crippen MR) is 52.4 cm³/mol. The van der Waals surface area contributed by atoms with Crippen LogP contribution in [0, 0.1) is 0 Å². The topological polar surface area (TPSA) is 38.7 Å². The van der Waals surface area contributed by atoms with Gasteiger partial charge in [-0.15, -0.1) is 0 Å². The molecule has 0 amide bonds. The molecular weight excluding hydrogens is 232 g/mol. The highest BCUT2D eigenvalue weighted by Crippen LogP contribution is 2.20. The lowest BCUT2D eigenvalue weighted by molar-refractivity contribution is 1.22. The first-order chi connectivity index (χ1) is 6.16. The van der Waals surface area contributed by atoms with Crippen molar-refractivity contribution in [3.05, 3.63) is 27.6 Å². The molecule has 0 aliphatic heterocycles. The highest BCUT2D eigenvalue weighted by molar-refractivity contribution is 6.40. The Kier molecular flexibility index (Phi) is 2.24. The quantitative estimate of drug-likeness (QED) is 0.658. The molecule has 0 saturated heterocycles. The molecule has 0 radical (unpaired) electrons. The van der Waals surface area contributed by atoms with Gasteiger partial charge in [0, 0.05) is 0 Å². The maximum atomic E-state index is 5.66. The van der Waals surface area contributed by atoms with Crippen molar-refractivity contribution in [3.8, 4) is 0 Å². The lowest BCUT2D eigenvalue weighted by atomic mass is 10.4. The molecule has 0 aliphatic rings. The summed E-state index contributed by atoms with van der Waals surface area (Å²) >= 11 is 17.0. The zero-order valence-corrected chi connectivity index (χ0v) is 8.40. The second-order valence-corrected chi connectivity index (χ2v) is 3.39. The van der Waals surface area contributed by atoms with Gasteiger partial charge < -0.3 is 0 Å². The van der Waals surface area contributed by atoms with Gasteiger partial charge in [0.2, 0.25) is 0 Å². The van der Waals surface area contributed by atoms with E-state index in [-0.39, 0.29) is 10.3 Å². The Morgan fingerprint density at radius 2 is 1.54 bits per heavy atom. The van der Waals surface area contributed by atoms with E-state index in [0.29, 0.717) is 16.3 Å². The fourth-order valence-corrected chi connectivity index (χ4v) is 1.28. The SMILES string of the molecule is Clc1ccc2nc(Cl)c(Cl)nc2n1. The van der Waals surface area contributed by atoms with Crippen LogP contribution < -0.4 is 0 Å². The van der Waals surface area contributed by atoms with E-state index in [0.717, 1.165) is 0 Å². The van der Waals surface area contributed by atoms with E-state index in [2.05, 4.69) is 15.0 Å². The van der Waals surface area contributed by atoms with E-state index in [4.69, 9.17) is 34.8 Å². The van der Waals surface area contributed by atoms with Gasteiger partial charge in [0.05, 0.1) is 0 Å². The largest absolute Gasteiger partial charge is 0.229 e. The molecule has 0 spiro atoms. The molecular formula is C7H2Cl3N3. The van der Waals surface area contributed by atoms with Crippen LogP contribution in [0.5, 0.6) is 0 Å². The maximum Gasteiger partial charge on any atom is 0.181 e. The lowest BCUT2D eigenvalue weighted by Crippen LogP contribution is -1.89.